The van der Waals surface area contributed by atoms with E-state index in [0.717, 1.165) is 25.7 Å². The average Bonchev–Trinajstić information content (AvgIpc) is 2.50. The Labute approximate surface area is 137 Å². The molecule has 0 fully saturated rings. The Hall–Kier alpha value is -0.610. The minimum absolute atomic E-state index is 0.345. The molecule has 0 rings (SSSR count). The normalized spacial score (nSPS) is 12.5. The molecule has 0 heterocycles. The Morgan fingerprint density at radius 3 is 1.32 bits per heavy atom. The molecule has 1 unspecified atom stereocenters. The lowest BCUT2D eigenvalue weighted by molar-refractivity contribution is -0.119. The number of hydrogen-bond donors (Lipinski definition) is 3. The second-order valence-corrected chi connectivity index (χ2v) is 6.47. The van der Waals surface area contributed by atoms with Crippen LogP contribution in [-0.4, -0.2) is 23.7 Å². The van der Waals surface area contributed by atoms with Crippen LogP contribution >= 0.6 is 0 Å². The van der Waals surface area contributed by atoms with Gasteiger partial charge in [0, 0.05) is 6.61 Å². The lowest BCUT2D eigenvalue weighted by Gasteiger charge is -2.06. The molecule has 0 aliphatic rings. The molecular weight excluding hydrogens is 276 g/mol. The highest BCUT2D eigenvalue weighted by Gasteiger charge is 2.07. The van der Waals surface area contributed by atoms with Crippen LogP contribution in [-0.2, 0) is 4.79 Å². The van der Waals surface area contributed by atoms with Crippen molar-refractivity contribution in [1.82, 2.24) is 0 Å². The van der Waals surface area contributed by atoms with Crippen molar-refractivity contribution in [2.75, 3.05) is 6.61 Å². The molecule has 1 amide bonds. The van der Waals surface area contributed by atoms with Gasteiger partial charge in [-0.1, -0.05) is 83.5 Å². The first-order valence-electron chi connectivity index (χ1n) is 9.34. The van der Waals surface area contributed by atoms with Gasteiger partial charge >= 0.3 is 0 Å². The smallest absolute Gasteiger partial charge is 0.234 e. The van der Waals surface area contributed by atoms with E-state index in [1.165, 1.54) is 70.6 Å². The Balaban J connectivity index is 3.04. The van der Waals surface area contributed by atoms with E-state index in [9.17, 15) is 4.79 Å². The van der Waals surface area contributed by atoms with E-state index in [4.69, 9.17) is 16.6 Å². The maximum Gasteiger partial charge on any atom is 0.234 e. The molecule has 1 atom stereocenters. The van der Waals surface area contributed by atoms with Crippen molar-refractivity contribution >= 4 is 5.91 Å². The van der Waals surface area contributed by atoms with Crippen molar-refractivity contribution in [2.24, 2.45) is 11.5 Å². The molecule has 0 radical (unpaired) electrons. The SMILES string of the molecule is NC(=O)C(N)CCCCCCCCCCCCCCCCO. The van der Waals surface area contributed by atoms with Gasteiger partial charge in [0.1, 0.15) is 0 Å². The van der Waals surface area contributed by atoms with E-state index in [0.29, 0.717) is 6.61 Å². The first-order chi connectivity index (χ1) is 10.7. The number of hydrogen-bond acceptors (Lipinski definition) is 3. The van der Waals surface area contributed by atoms with Gasteiger partial charge in [-0.25, -0.2) is 0 Å². The van der Waals surface area contributed by atoms with E-state index < -0.39 is 6.04 Å². The molecule has 22 heavy (non-hydrogen) atoms. The highest BCUT2D eigenvalue weighted by molar-refractivity contribution is 5.79. The molecule has 0 saturated heterocycles. The fourth-order valence-electron chi connectivity index (χ4n) is 2.74. The number of primary amides is 1. The molecule has 0 aromatic heterocycles. The number of aliphatic hydroxyl groups excluding tert-OH is 1. The molecule has 0 spiro atoms. The van der Waals surface area contributed by atoms with Gasteiger partial charge in [0.25, 0.3) is 0 Å². The van der Waals surface area contributed by atoms with Gasteiger partial charge in [0.15, 0.2) is 0 Å². The summed E-state index contributed by atoms with van der Waals surface area (Å²) >= 11 is 0. The standard InChI is InChI=1S/C18H38N2O2/c19-17(18(20)22)15-13-11-9-7-5-3-1-2-4-6-8-10-12-14-16-21/h17,21H,1-16,19H2,(H2,20,22). The van der Waals surface area contributed by atoms with Crippen LogP contribution in [0.1, 0.15) is 96.3 Å². The predicted molar refractivity (Wildman–Crippen MR) is 93.5 cm³/mol. The fourth-order valence-corrected chi connectivity index (χ4v) is 2.74. The minimum atomic E-state index is -0.455. The van der Waals surface area contributed by atoms with Crippen molar-refractivity contribution in [3.8, 4) is 0 Å². The highest BCUT2D eigenvalue weighted by Crippen LogP contribution is 2.13. The van der Waals surface area contributed by atoms with E-state index in [1.54, 1.807) is 0 Å². The van der Waals surface area contributed by atoms with Gasteiger partial charge in [-0.05, 0) is 12.8 Å². The summed E-state index contributed by atoms with van der Waals surface area (Å²) < 4.78 is 0. The molecule has 5 N–H and O–H groups in total. The van der Waals surface area contributed by atoms with Gasteiger partial charge < -0.3 is 16.6 Å². The molecule has 4 heteroatoms. The minimum Gasteiger partial charge on any atom is -0.396 e. The van der Waals surface area contributed by atoms with Crippen LogP contribution in [0.25, 0.3) is 0 Å². The number of carbonyl (C=O) groups excluding carboxylic acids is 1. The summed E-state index contributed by atoms with van der Waals surface area (Å²) in [5.41, 5.74) is 10.7. The van der Waals surface area contributed by atoms with E-state index in [1.807, 2.05) is 0 Å². The molecule has 132 valence electrons. The highest BCUT2D eigenvalue weighted by atomic mass is 16.2. The van der Waals surface area contributed by atoms with Gasteiger partial charge in [-0.15, -0.1) is 0 Å². The summed E-state index contributed by atoms with van der Waals surface area (Å²) in [6.45, 7) is 0.345. The zero-order chi connectivity index (χ0) is 16.5. The first-order valence-corrected chi connectivity index (χ1v) is 9.34. The van der Waals surface area contributed by atoms with E-state index in [2.05, 4.69) is 0 Å². The predicted octanol–water partition coefficient (Wildman–Crippen LogP) is 3.64. The maximum atomic E-state index is 10.8. The lowest BCUT2D eigenvalue weighted by Crippen LogP contribution is -2.36. The molecule has 0 saturated carbocycles. The summed E-state index contributed by atoms with van der Waals surface area (Å²) in [7, 11) is 0. The molecule has 0 bridgehead atoms. The zero-order valence-corrected chi connectivity index (χ0v) is 14.4. The lowest BCUT2D eigenvalue weighted by atomic mass is 10.0. The Morgan fingerprint density at radius 1 is 0.682 bits per heavy atom. The summed E-state index contributed by atoms with van der Waals surface area (Å²) in [6, 6.07) is -0.455. The number of carbonyl (C=O) groups is 1. The van der Waals surface area contributed by atoms with Gasteiger partial charge in [0.05, 0.1) is 6.04 Å². The Kier molecular flexibility index (Phi) is 16.3. The zero-order valence-electron chi connectivity index (χ0n) is 14.4. The topological polar surface area (TPSA) is 89.3 Å². The third-order valence-electron chi connectivity index (χ3n) is 4.29. The van der Waals surface area contributed by atoms with Crippen molar-refractivity contribution in [3.05, 3.63) is 0 Å². The van der Waals surface area contributed by atoms with Gasteiger partial charge in [-0.2, -0.15) is 0 Å². The van der Waals surface area contributed by atoms with Crippen molar-refractivity contribution < 1.29 is 9.90 Å². The van der Waals surface area contributed by atoms with Crippen LogP contribution in [0.2, 0.25) is 0 Å². The van der Waals surface area contributed by atoms with E-state index >= 15 is 0 Å². The third-order valence-corrected chi connectivity index (χ3v) is 4.29. The van der Waals surface area contributed by atoms with Crippen LogP contribution in [0.15, 0.2) is 0 Å². The third kappa shape index (κ3) is 15.8. The van der Waals surface area contributed by atoms with Gasteiger partial charge in [-0.3, -0.25) is 4.79 Å². The van der Waals surface area contributed by atoms with Crippen LogP contribution in [0, 0.1) is 0 Å². The molecule has 0 aromatic carbocycles. The van der Waals surface area contributed by atoms with Crippen molar-refractivity contribution in [2.45, 2.75) is 102 Å². The molecular formula is C18H38N2O2. The molecule has 0 aliphatic heterocycles. The number of nitrogens with two attached hydrogens (primary N) is 2. The fraction of sp³-hybridized carbons (Fsp3) is 0.944. The second kappa shape index (κ2) is 16.8. The summed E-state index contributed by atoms with van der Waals surface area (Å²) in [4.78, 5) is 10.8. The van der Waals surface area contributed by atoms with E-state index in [-0.39, 0.29) is 5.91 Å². The monoisotopic (exact) mass is 314 g/mol. The summed E-state index contributed by atoms with van der Waals surface area (Å²) in [5.74, 6) is -0.381. The van der Waals surface area contributed by atoms with Crippen LogP contribution in [0.5, 0.6) is 0 Å². The van der Waals surface area contributed by atoms with Crippen LogP contribution in [0.3, 0.4) is 0 Å². The Morgan fingerprint density at radius 2 is 1.00 bits per heavy atom. The summed E-state index contributed by atoms with van der Waals surface area (Å²) in [6.07, 6.45) is 18.3. The largest absolute Gasteiger partial charge is 0.396 e. The van der Waals surface area contributed by atoms with Crippen LogP contribution < -0.4 is 11.5 Å². The van der Waals surface area contributed by atoms with Crippen molar-refractivity contribution in [3.63, 3.8) is 0 Å². The Bertz CT molecular complexity index is 247. The average molecular weight is 315 g/mol. The molecule has 4 nitrogen and oxygen atoms in total. The number of amides is 1. The maximum absolute atomic E-state index is 10.8. The molecule has 0 aliphatic carbocycles. The quantitative estimate of drug-likeness (QED) is 0.358. The number of unbranched alkanes of at least 4 members (excludes halogenated alkanes) is 13. The first kappa shape index (κ1) is 21.4. The second-order valence-electron chi connectivity index (χ2n) is 6.47. The number of rotatable bonds is 17. The number of aliphatic hydroxyl groups is 1. The van der Waals surface area contributed by atoms with Crippen LogP contribution in [0.4, 0.5) is 0 Å². The summed E-state index contributed by atoms with van der Waals surface area (Å²) in [5, 5.41) is 8.68. The van der Waals surface area contributed by atoms with Gasteiger partial charge in [0.2, 0.25) is 5.91 Å². The van der Waals surface area contributed by atoms with Crippen molar-refractivity contribution in [1.29, 1.82) is 0 Å². The molecule has 0 aromatic rings.